The summed E-state index contributed by atoms with van der Waals surface area (Å²) >= 11 is 0. The Morgan fingerprint density at radius 2 is 2.06 bits per heavy atom. The van der Waals surface area contributed by atoms with Gasteiger partial charge in [0.15, 0.2) is 0 Å². The van der Waals surface area contributed by atoms with Crippen LogP contribution in [0, 0.1) is 11.8 Å². The van der Waals surface area contributed by atoms with E-state index in [4.69, 9.17) is 5.11 Å². The molecule has 1 fully saturated rings. The molecule has 17 heavy (non-hydrogen) atoms. The van der Waals surface area contributed by atoms with E-state index in [0.717, 1.165) is 37.8 Å². The SMILES string of the molecule is CC(C)C1CCCN(CC(O)CC(=O)O)CC1. The number of aliphatic hydroxyl groups is 1. The van der Waals surface area contributed by atoms with Crippen molar-refractivity contribution in [1.82, 2.24) is 4.90 Å². The van der Waals surface area contributed by atoms with Gasteiger partial charge in [-0.25, -0.2) is 0 Å². The maximum Gasteiger partial charge on any atom is 0.306 e. The number of carbonyl (C=O) groups is 1. The third-order valence-electron chi connectivity index (χ3n) is 3.69. The maximum atomic E-state index is 10.5. The third-order valence-corrected chi connectivity index (χ3v) is 3.69. The van der Waals surface area contributed by atoms with E-state index >= 15 is 0 Å². The molecule has 0 amide bonds. The first-order chi connectivity index (χ1) is 7.99. The van der Waals surface area contributed by atoms with Crippen molar-refractivity contribution in [2.24, 2.45) is 11.8 Å². The second kappa shape index (κ2) is 6.97. The smallest absolute Gasteiger partial charge is 0.306 e. The highest BCUT2D eigenvalue weighted by Crippen LogP contribution is 2.24. The molecule has 0 aliphatic carbocycles. The fourth-order valence-electron chi connectivity index (χ4n) is 2.60. The molecule has 1 heterocycles. The number of hydrogen-bond acceptors (Lipinski definition) is 3. The lowest BCUT2D eigenvalue weighted by Gasteiger charge is -2.23. The monoisotopic (exact) mass is 243 g/mol. The summed E-state index contributed by atoms with van der Waals surface area (Å²) < 4.78 is 0. The summed E-state index contributed by atoms with van der Waals surface area (Å²) in [7, 11) is 0. The maximum absolute atomic E-state index is 10.5. The molecule has 0 aromatic heterocycles. The van der Waals surface area contributed by atoms with E-state index < -0.39 is 12.1 Å². The van der Waals surface area contributed by atoms with Crippen LogP contribution in [-0.2, 0) is 4.79 Å². The van der Waals surface area contributed by atoms with Crippen LogP contribution in [0.3, 0.4) is 0 Å². The van der Waals surface area contributed by atoms with Crippen molar-refractivity contribution in [3.63, 3.8) is 0 Å². The first-order valence-corrected chi connectivity index (χ1v) is 6.61. The van der Waals surface area contributed by atoms with Crippen molar-refractivity contribution in [2.75, 3.05) is 19.6 Å². The number of β-amino-alcohol motifs (C(OH)–C–C–N with tert-alkyl or cyclic N) is 1. The highest BCUT2D eigenvalue weighted by molar-refractivity contribution is 5.67. The molecule has 2 N–H and O–H groups in total. The van der Waals surface area contributed by atoms with Crippen molar-refractivity contribution in [3.05, 3.63) is 0 Å². The molecule has 4 nitrogen and oxygen atoms in total. The Bertz CT molecular complexity index is 243. The van der Waals surface area contributed by atoms with Crippen LogP contribution in [0.2, 0.25) is 0 Å². The molecule has 1 aliphatic heterocycles. The summed E-state index contributed by atoms with van der Waals surface area (Å²) in [5, 5.41) is 18.2. The average molecular weight is 243 g/mol. The number of nitrogens with zero attached hydrogens (tertiary/aromatic N) is 1. The Morgan fingerprint density at radius 1 is 1.35 bits per heavy atom. The van der Waals surface area contributed by atoms with Crippen LogP contribution in [-0.4, -0.2) is 46.8 Å². The van der Waals surface area contributed by atoms with Crippen LogP contribution in [0.5, 0.6) is 0 Å². The molecule has 0 spiro atoms. The normalized spacial score (nSPS) is 24.6. The molecule has 0 bridgehead atoms. The van der Waals surface area contributed by atoms with E-state index in [1.165, 1.54) is 6.42 Å². The molecule has 100 valence electrons. The van der Waals surface area contributed by atoms with Crippen LogP contribution < -0.4 is 0 Å². The fraction of sp³-hybridized carbons (Fsp3) is 0.923. The molecule has 1 saturated heterocycles. The Balaban J connectivity index is 2.33. The minimum absolute atomic E-state index is 0.149. The van der Waals surface area contributed by atoms with E-state index in [1.807, 2.05) is 0 Å². The van der Waals surface area contributed by atoms with Gasteiger partial charge in [0, 0.05) is 6.54 Å². The number of aliphatic hydroxyl groups excluding tert-OH is 1. The second-order valence-corrected chi connectivity index (χ2v) is 5.49. The van der Waals surface area contributed by atoms with Gasteiger partial charge in [-0.2, -0.15) is 0 Å². The quantitative estimate of drug-likeness (QED) is 0.769. The van der Waals surface area contributed by atoms with Crippen molar-refractivity contribution >= 4 is 5.97 Å². The van der Waals surface area contributed by atoms with Crippen LogP contribution >= 0.6 is 0 Å². The van der Waals surface area contributed by atoms with Gasteiger partial charge < -0.3 is 15.1 Å². The van der Waals surface area contributed by atoms with Gasteiger partial charge in [0.25, 0.3) is 0 Å². The van der Waals surface area contributed by atoms with E-state index in [2.05, 4.69) is 18.7 Å². The van der Waals surface area contributed by atoms with Gasteiger partial charge in [-0.1, -0.05) is 13.8 Å². The zero-order chi connectivity index (χ0) is 12.8. The Labute approximate surface area is 104 Å². The molecular formula is C13H25NO3. The zero-order valence-corrected chi connectivity index (χ0v) is 10.9. The molecule has 2 unspecified atom stereocenters. The first-order valence-electron chi connectivity index (χ1n) is 6.61. The number of hydrogen-bond donors (Lipinski definition) is 2. The first kappa shape index (κ1) is 14.5. The summed E-state index contributed by atoms with van der Waals surface area (Å²) in [5.74, 6) is 0.572. The molecule has 0 aromatic carbocycles. The molecule has 4 heteroatoms. The minimum atomic E-state index is -0.924. The number of carboxylic acids is 1. The minimum Gasteiger partial charge on any atom is -0.481 e. The number of rotatable bonds is 5. The fourth-order valence-corrected chi connectivity index (χ4v) is 2.60. The largest absolute Gasteiger partial charge is 0.481 e. The lowest BCUT2D eigenvalue weighted by Crippen LogP contribution is -2.34. The molecule has 0 aromatic rings. The molecule has 2 atom stereocenters. The average Bonchev–Trinajstić information content (AvgIpc) is 2.41. The summed E-state index contributed by atoms with van der Waals surface area (Å²) in [6.07, 6.45) is 2.69. The Hall–Kier alpha value is -0.610. The van der Waals surface area contributed by atoms with Crippen molar-refractivity contribution < 1.29 is 15.0 Å². The molecule has 0 saturated carbocycles. The summed E-state index contributed by atoms with van der Waals surface area (Å²) in [6.45, 7) is 7.00. The third kappa shape index (κ3) is 5.50. The summed E-state index contributed by atoms with van der Waals surface area (Å²) in [6, 6.07) is 0. The standard InChI is InChI=1S/C13H25NO3/c1-10(2)11-4-3-6-14(7-5-11)9-12(15)8-13(16)17/h10-12,15H,3-9H2,1-2H3,(H,16,17). The van der Waals surface area contributed by atoms with Crippen molar-refractivity contribution in [2.45, 2.75) is 45.6 Å². The van der Waals surface area contributed by atoms with Crippen LogP contribution in [0.1, 0.15) is 39.5 Å². The molecular weight excluding hydrogens is 218 g/mol. The van der Waals surface area contributed by atoms with E-state index in [0.29, 0.717) is 6.54 Å². The molecule has 0 radical (unpaired) electrons. The number of carboxylic acid groups (broad SMARTS) is 1. The van der Waals surface area contributed by atoms with Crippen molar-refractivity contribution in [1.29, 1.82) is 0 Å². The van der Waals surface area contributed by atoms with Gasteiger partial charge in [-0.05, 0) is 44.2 Å². The molecule has 1 aliphatic rings. The van der Waals surface area contributed by atoms with Gasteiger partial charge >= 0.3 is 5.97 Å². The topological polar surface area (TPSA) is 60.8 Å². The van der Waals surface area contributed by atoms with Gasteiger partial charge in [0.1, 0.15) is 0 Å². The number of aliphatic carboxylic acids is 1. The highest BCUT2D eigenvalue weighted by atomic mass is 16.4. The van der Waals surface area contributed by atoms with Crippen LogP contribution in [0.15, 0.2) is 0 Å². The Kier molecular flexibility index (Phi) is 5.92. The van der Waals surface area contributed by atoms with Crippen LogP contribution in [0.4, 0.5) is 0 Å². The summed E-state index contributed by atoms with van der Waals surface area (Å²) in [4.78, 5) is 12.7. The highest BCUT2D eigenvalue weighted by Gasteiger charge is 2.21. The van der Waals surface area contributed by atoms with Gasteiger partial charge in [-0.15, -0.1) is 0 Å². The van der Waals surface area contributed by atoms with E-state index in [-0.39, 0.29) is 6.42 Å². The number of likely N-dealkylation sites (tertiary alicyclic amines) is 1. The van der Waals surface area contributed by atoms with Crippen LogP contribution in [0.25, 0.3) is 0 Å². The predicted octanol–water partition coefficient (Wildman–Crippen LogP) is 1.58. The molecule has 1 rings (SSSR count). The lowest BCUT2D eigenvalue weighted by molar-refractivity contribution is -0.139. The Morgan fingerprint density at radius 3 is 2.65 bits per heavy atom. The summed E-state index contributed by atoms with van der Waals surface area (Å²) in [5.41, 5.74) is 0. The van der Waals surface area contributed by atoms with Gasteiger partial charge in [0.05, 0.1) is 12.5 Å². The van der Waals surface area contributed by atoms with Gasteiger partial charge in [-0.3, -0.25) is 4.79 Å². The van der Waals surface area contributed by atoms with E-state index in [9.17, 15) is 9.90 Å². The van der Waals surface area contributed by atoms with E-state index in [1.54, 1.807) is 0 Å². The lowest BCUT2D eigenvalue weighted by atomic mass is 9.89. The predicted molar refractivity (Wildman–Crippen MR) is 66.9 cm³/mol. The van der Waals surface area contributed by atoms with Gasteiger partial charge in [0.2, 0.25) is 0 Å². The second-order valence-electron chi connectivity index (χ2n) is 5.49. The van der Waals surface area contributed by atoms with Crippen molar-refractivity contribution in [3.8, 4) is 0 Å². The zero-order valence-electron chi connectivity index (χ0n) is 10.9.